The fraction of sp³-hybridized carbons (Fsp3) is 0.560. The lowest BCUT2D eigenvalue weighted by Gasteiger charge is -2.40. The van der Waals surface area contributed by atoms with Crippen molar-refractivity contribution in [2.75, 3.05) is 19.7 Å². The summed E-state index contributed by atoms with van der Waals surface area (Å²) in [6.45, 7) is 6.52. The number of carboxylic acids is 1. The molecule has 10 nitrogen and oxygen atoms in total. The van der Waals surface area contributed by atoms with E-state index in [1.165, 1.54) is 11.8 Å². The second-order valence-corrected chi connectivity index (χ2v) is 11.5. The van der Waals surface area contributed by atoms with Crippen LogP contribution in [-0.2, 0) is 21.1 Å². The van der Waals surface area contributed by atoms with Crippen molar-refractivity contribution in [3.8, 4) is 0 Å². The van der Waals surface area contributed by atoms with E-state index in [2.05, 4.69) is 16.9 Å². The molecule has 3 aliphatic heterocycles. The first-order chi connectivity index (χ1) is 17.3. The zero-order valence-corrected chi connectivity index (χ0v) is 21.0. The Morgan fingerprint density at radius 3 is 2.83 bits per heavy atom. The minimum absolute atomic E-state index is 0.00613. The minimum atomic E-state index is -0.972. The highest BCUT2D eigenvalue weighted by Crippen LogP contribution is 2.68. The molecular formula is C25H31N5O5S. The fourth-order valence-corrected chi connectivity index (χ4v) is 8.85. The first kappa shape index (κ1) is 24.8. The summed E-state index contributed by atoms with van der Waals surface area (Å²) in [5, 5.41) is 27.6. The highest BCUT2D eigenvalue weighted by molar-refractivity contribution is 8.02. The van der Waals surface area contributed by atoms with Gasteiger partial charge in [0.2, 0.25) is 11.8 Å². The predicted molar refractivity (Wildman–Crippen MR) is 134 cm³/mol. The molecule has 2 bridgehead atoms. The Bertz CT molecular complexity index is 1200. The zero-order chi connectivity index (χ0) is 25.6. The lowest BCUT2D eigenvalue weighted by molar-refractivity contribution is -0.149. The van der Waals surface area contributed by atoms with Gasteiger partial charge in [-0.25, -0.2) is 4.68 Å². The number of thioether (sulfide) groups is 1. The molecule has 6 atom stereocenters. The standard InChI is InChI=1S/C25H31N5O5S/c1-3-10-28(14-30-17-9-5-4-8-16(17)26-27-30)23(33)21-25-15(2)13-18(36-25)19(24(34)35)20(25)22(32)29(21)11-6-7-12-31/h3-5,8-9,15,18-21,31H,1,6-7,10-14H2,2H3,(H,34,35)/t15?,18-,19+,20+,21?,25?/m1/s1. The number of likely N-dealkylation sites (tertiary alicyclic amines) is 1. The van der Waals surface area contributed by atoms with E-state index in [4.69, 9.17) is 0 Å². The summed E-state index contributed by atoms with van der Waals surface area (Å²) >= 11 is 1.52. The Balaban J connectivity index is 1.53. The number of aliphatic carboxylic acids is 1. The molecule has 0 saturated carbocycles. The van der Waals surface area contributed by atoms with Crippen molar-refractivity contribution >= 4 is 40.6 Å². The number of unbranched alkanes of at least 4 members (excludes halogenated alkanes) is 1. The number of hydrogen-bond donors (Lipinski definition) is 2. The second kappa shape index (κ2) is 9.51. The van der Waals surface area contributed by atoms with E-state index in [0.29, 0.717) is 31.3 Å². The SMILES string of the molecule is C=CCN(Cn1nnc2ccccc21)C(=O)C1N(CCCCO)C(=O)[C@@H]2[C@@H](C(=O)O)[C@H]3CC(C)C12S3. The molecule has 2 amide bonds. The van der Waals surface area contributed by atoms with Gasteiger partial charge in [0.15, 0.2) is 0 Å². The minimum Gasteiger partial charge on any atom is -0.481 e. The molecule has 36 heavy (non-hydrogen) atoms. The van der Waals surface area contributed by atoms with Crippen LogP contribution in [0.4, 0.5) is 0 Å². The molecule has 0 aliphatic carbocycles. The van der Waals surface area contributed by atoms with Gasteiger partial charge in [0.05, 0.1) is 22.1 Å². The van der Waals surface area contributed by atoms with Gasteiger partial charge in [0.1, 0.15) is 18.2 Å². The summed E-state index contributed by atoms with van der Waals surface area (Å²) in [5.41, 5.74) is 1.50. The van der Waals surface area contributed by atoms with Crippen molar-refractivity contribution in [2.24, 2.45) is 17.8 Å². The van der Waals surface area contributed by atoms with E-state index >= 15 is 0 Å². The van der Waals surface area contributed by atoms with E-state index in [0.717, 1.165) is 5.52 Å². The van der Waals surface area contributed by atoms with Crippen LogP contribution in [0.2, 0.25) is 0 Å². The summed E-state index contributed by atoms with van der Waals surface area (Å²) in [4.78, 5) is 43.6. The van der Waals surface area contributed by atoms with Crippen molar-refractivity contribution in [1.29, 1.82) is 0 Å². The molecule has 11 heteroatoms. The molecule has 0 radical (unpaired) electrons. The van der Waals surface area contributed by atoms with E-state index in [-0.39, 0.29) is 42.8 Å². The van der Waals surface area contributed by atoms with Gasteiger partial charge in [-0.1, -0.05) is 30.3 Å². The van der Waals surface area contributed by atoms with E-state index in [9.17, 15) is 24.6 Å². The number of carbonyl (C=O) groups excluding carboxylic acids is 2. The Hall–Kier alpha value is -2.92. The number of aliphatic hydroxyl groups is 1. The number of fused-ring (bicyclic) bond motifs is 2. The van der Waals surface area contributed by atoms with E-state index < -0.39 is 28.6 Å². The molecular weight excluding hydrogens is 482 g/mol. The molecule has 192 valence electrons. The van der Waals surface area contributed by atoms with Gasteiger partial charge in [-0.3, -0.25) is 14.4 Å². The lowest BCUT2D eigenvalue weighted by atomic mass is 9.66. The Morgan fingerprint density at radius 1 is 1.33 bits per heavy atom. The van der Waals surface area contributed by atoms with Crippen LogP contribution in [-0.4, -0.2) is 88.5 Å². The first-order valence-corrected chi connectivity index (χ1v) is 13.2. The summed E-state index contributed by atoms with van der Waals surface area (Å²) in [5.74, 6) is -3.00. The average molecular weight is 514 g/mol. The van der Waals surface area contributed by atoms with Gasteiger partial charge < -0.3 is 20.0 Å². The van der Waals surface area contributed by atoms with Crippen molar-refractivity contribution in [3.05, 3.63) is 36.9 Å². The third kappa shape index (κ3) is 3.62. The largest absolute Gasteiger partial charge is 0.481 e. The molecule has 3 saturated heterocycles. The normalized spacial score (nSPS) is 30.7. The van der Waals surface area contributed by atoms with Crippen LogP contribution in [0, 0.1) is 17.8 Å². The number of hydrogen-bond acceptors (Lipinski definition) is 7. The molecule has 3 fully saturated rings. The van der Waals surface area contributed by atoms with Crippen LogP contribution in [0.5, 0.6) is 0 Å². The Morgan fingerprint density at radius 2 is 2.11 bits per heavy atom. The quantitative estimate of drug-likeness (QED) is 0.362. The van der Waals surface area contributed by atoms with Crippen molar-refractivity contribution in [1.82, 2.24) is 24.8 Å². The van der Waals surface area contributed by atoms with Gasteiger partial charge in [-0.15, -0.1) is 23.4 Å². The topological polar surface area (TPSA) is 129 Å². The van der Waals surface area contributed by atoms with Crippen LogP contribution in [0.3, 0.4) is 0 Å². The number of nitrogens with zero attached hydrogens (tertiary/aromatic N) is 5. The Labute approximate surface area is 213 Å². The summed E-state index contributed by atoms with van der Waals surface area (Å²) in [6, 6.07) is 6.69. The third-order valence-electron chi connectivity index (χ3n) is 7.96. The molecule has 3 unspecified atom stereocenters. The number of carbonyl (C=O) groups is 3. The molecule has 1 aromatic heterocycles. The second-order valence-electron chi connectivity index (χ2n) is 9.92. The first-order valence-electron chi connectivity index (χ1n) is 12.3. The molecule has 4 heterocycles. The maximum absolute atomic E-state index is 14.3. The lowest BCUT2D eigenvalue weighted by Crippen LogP contribution is -2.57. The van der Waals surface area contributed by atoms with Crippen LogP contribution in [0.25, 0.3) is 11.0 Å². The van der Waals surface area contributed by atoms with Crippen molar-refractivity contribution in [3.63, 3.8) is 0 Å². The number of carboxylic acid groups (broad SMARTS) is 1. The predicted octanol–water partition coefficient (Wildman–Crippen LogP) is 1.60. The number of amides is 2. The maximum atomic E-state index is 14.3. The molecule has 1 aromatic carbocycles. The van der Waals surface area contributed by atoms with Gasteiger partial charge >= 0.3 is 5.97 Å². The summed E-state index contributed by atoms with van der Waals surface area (Å²) in [6.07, 6.45) is 3.33. The van der Waals surface area contributed by atoms with E-state index in [1.54, 1.807) is 20.6 Å². The fourth-order valence-electron chi connectivity index (χ4n) is 6.45. The highest BCUT2D eigenvalue weighted by atomic mass is 32.2. The molecule has 2 N–H and O–H groups in total. The monoisotopic (exact) mass is 513 g/mol. The Kier molecular flexibility index (Phi) is 6.54. The van der Waals surface area contributed by atoms with Crippen molar-refractivity contribution < 1.29 is 24.6 Å². The summed E-state index contributed by atoms with van der Waals surface area (Å²) < 4.78 is 0.854. The van der Waals surface area contributed by atoms with Crippen LogP contribution in [0.15, 0.2) is 36.9 Å². The number of para-hydroxylation sites is 1. The van der Waals surface area contributed by atoms with Crippen LogP contribution in [0.1, 0.15) is 26.2 Å². The molecule has 5 rings (SSSR count). The smallest absolute Gasteiger partial charge is 0.308 e. The number of rotatable bonds is 10. The van der Waals surface area contributed by atoms with Gasteiger partial charge in [-0.2, -0.15) is 0 Å². The average Bonchev–Trinajstić information content (AvgIpc) is 3.57. The molecule has 3 aliphatic rings. The zero-order valence-electron chi connectivity index (χ0n) is 20.2. The highest BCUT2D eigenvalue weighted by Gasteiger charge is 2.76. The van der Waals surface area contributed by atoms with E-state index in [1.807, 2.05) is 31.2 Å². The molecule has 1 spiro atoms. The van der Waals surface area contributed by atoms with Crippen LogP contribution < -0.4 is 0 Å². The van der Waals surface area contributed by atoms with Gasteiger partial charge in [-0.05, 0) is 37.3 Å². The third-order valence-corrected chi connectivity index (χ3v) is 10.0. The number of benzene rings is 1. The number of aliphatic hydroxyl groups excluding tert-OH is 1. The van der Waals surface area contributed by atoms with Gasteiger partial charge in [0.25, 0.3) is 0 Å². The summed E-state index contributed by atoms with van der Waals surface area (Å²) in [7, 11) is 0. The van der Waals surface area contributed by atoms with Crippen molar-refractivity contribution in [2.45, 2.75) is 48.9 Å². The van der Waals surface area contributed by atoms with Crippen LogP contribution >= 0.6 is 11.8 Å². The number of aromatic nitrogens is 3. The maximum Gasteiger partial charge on any atom is 0.308 e. The molecule has 2 aromatic rings. The van der Waals surface area contributed by atoms with Gasteiger partial charge in [0, 0.05) is 24.9 Å².